The van der Waals surface area contributed by atoms with Gasteiger partial charge in [0.15, 0.2) is 0 Å². The molecule has 0 fully saturated rings. The number of benzene rings is 1. The first-order valence-corrected chi connectivity index (χ1v) is 6.07. The summed E-state index contributed by atoms with van der Waals surface area (Å²) in [7, 11) is 1.93. The van der Waals surface area contributed by atoms with Gasteiger partial charge in [0, 0.05) is 24.0 Å². The molecule has 4 heteroatoms. The Morgan fingerprint density at radius 2 is 2.29 bits per heavy atom. The third-order valence-electron chi connectivity index (χ3n) is 2.82. The molecule has 0 saturated heterocycles. The highest BCUT2D eigenvalue weighted by molar-refractivity contribution is 6.30. The first-order valence-electron chi connectivity index (χ1n) is 5.70. The highest BCUT2D eigenvalue weighted by atomic mass is 35.5. The Labute approximate surface area is 106 Å². The van der Waals surface area contributed by atoms with E-state index in [1.54, 1.807) is 0 Å². The summed E-state index contributed by atoms with van der Waals surface area (Å²) in [6.45, 7) is 3.02. The van der Waals surface area contributed by atoms with E-state index in [2.05, 4.69) is 27.9 Å². The van der Waals surface area contributed by atoms with Crippen molar-refractivity contribution in [1.82, 2.24) is 14.9 Å². The molecular formula is C13H16ClN3. The molecule has 1 heterocycles. The lowest BCUT2D eigenvalue weighted by Gasteiger charge is -2.17. The van der Waals surface area contributed by atoms with Crippen molar-refractivity contribution in [2.75, 3.05) is 7.05 Å². The number of aromatic nitrogens is 2. The maximum Gasteiger partial charge on any atom is 0.130 e. The van der Waals surface area contributed by atoms with E-state index in [0.717, 1.165) is 23.0 Å². The van der Waals surface area contributed by atoms with Gasteiger partial charge in [-0.2, -0.15) is 0 Å². The average molecular weight is 250 g/mol. The highest BCUT2D eigenvalue weighted by Crippen LogP contribution is 2.22. The molecule has 2 aromatic rings. The van der Waals surface area contributed by atoms with Gasteiger partial charge in [0.2, 0.25) is 0 Å². The van der Waals surface area contributed by atoms with E-state index in [9.17, 15) is 0 Å². The van der Waals surface area contributed by atoms with Crippen LogP contribution in [0, 0.1) is 0 Å². The number of nitrogens with zero attached hydrogens (tertiary/aromatic N) is 2. The minimum atomic E-state index is 0.0728. The number of imidazole rings is 1. The summed E-state index contributed by atoms with van der Waals surface area (Å²) in [5.74, 6) is 1.01. The largest absolute Gasteiger partial charge is 0.334 e. The second kappa shape index (κ2) is 5.34. The second-order valence-corrected chi connectivity index (χ2v) is 4.28. The van der Waals surface area contributed by atoms with Crippen LogP contribution >= 0.6 is 11.6 Å². The van der Waals surface area contributed by atoms with Gasteiger partial charge in [-0.05, 0) is 31.7 Å². The molecular weight excluding hydrogens is 234 g/mol. The van der Waals surface area contributed by atoms with E-state index in [0.29, 0.717) is 0 Å². The van der Waals surface area contributed by atoms with Crippen LogP contribution in [0.4, 0.5) is 0 Å². The Balaban J connectivity index is 2.40. The molecule has 1 N–H and O–H groups in total. The normalized spacial score (nSPS) is 12.6. The fraction of sp³-hybridized carbons (Fsp3) is 0.308. The minimum Gasteiger partial charge on any atom is -0.334 e. The van der Waals surface area contributed by atoms with Gasteiger partial charge in [-0.25, -0.2) is 4.98 Å². The van der Waals surface area contributed by atoms with E-state index < -0.39 is 0 Å². The lowest BCUT2D eigenvalue weighted by atomic mass is 10.1. The minimum absolute atomic E-state index is 0.0728. The van der Waals surface area contributed by atoms with E-state index in [1.165, 1.54) is 0 Å². The predicted octanol–water partition coefficient (Wildman–Crippen LogP) is 2.87. The van der Waals surface area contributed by atoms with E-state index in [-0.39, 0.29) is 6.04 Å². The summed E-state index contributed by atoms with van der Waals surface area (Å²) in [4.78, 5) is 4.42. The summed E-state index contributed by atoms with van der Waals surface area (Å²) >= 11 is 6.03. The second-order valence-electron chi connectivity index (χ2n) is 3.85. The standard InChI is InChI=1S/C13H16ClN3/c1-3-17-8-7-16-13(17)12(15-2)10-5-4-6-11(14)9-10/h4-9,12,15H,3H2,1-2H3. The van der Waals surface area contributed by atoms with Gasteiger partial charge in [0.05, 0.1) is 6.04 Å². The van der Waals surface area contributed by atoms with Gasteiger partial charge < -0.3 is 9.88 Å². The van der Waals surface area contributed by atoms with E-state index >= 15 is 0 Å². The molecule has 0 amide bonds. The molecule has 1 aromatic carbocycles. The number of rotatable bonds is 4. The van der Waals surface area contributed by atoms with Gasteiger partial charge in [0.25, 0.3) is 0 Å². The first-order chi connectivity index (χ1) is 8.26. The van der Waals surface area contributed by atoms with Crippen molar-refractivity contribution in [1.29, 1.82) is 0 Å². The van der Waals surface area contributed by atoms with E-state index in [4.69, 9.17) is 11.6 Å². The van der Waals surface area contributed by atoms with Crippen molar-refractivity contribution in [2.45, 2.75) is 19.5 Å². The van der Waals surface area contributed by atoms with Crippen LogP contribution < -0.4 is 5.32 Å². The van der Waals surface area contributed by atoms with Gasteiger partial charge in [-0.15, -0.1) is 0 Å². The molecule has 2 rings (SSSR count). The molecule has 0 radical (unpaired) electrons. The lowest BCUT2D eigenvalue weighted by Crippen LogP contribution is -2.21. The number of aryl methyl sites for hydroxylation is 1. The fourth-order valence-corrected chi connectivity index (χ4v) is 2.18. The zero-order chi connectivity index (χ0) is 12.3. The summed E-state index contributed by atoms with van der Waals surface area (Å²) in [5, 5.41) is 4.03. The monoisotopic (exact) mass is 249 g/mol. The summed E-state index contributed by atoms with van der Waals surface area (Å²) in [6.07, 6.45) is 3.82. The average Bonchev–Trinajstić information content (AvgIpc) is 2.78. The molecule has 1 aromatic heterocycles. The molecule has 1 unspecified atom stereocenters. The van der Waals surface area contributed by atoms with Crippen molar-refractivity contribution >= 4 is 11.6 Å². The molecule has 0 bridgehead atoms. The van der Waals surface area contributed by atoms with Crippen LogP contribution in [0.15, 0.2) is 36.7 Å². The topological polar surface area (TPSA) is 29.9 Å². The SMILES string of the molecule is CCn1ccnc1C(NC)c1cccc(Cl)c1. The Bertz CT molecular complexity index is 493. The van der Waals surface area contributed by atoms with Gasteiger partial charge in [0.1, 0.15) is 5.82 Å². The Morgan fingerprint density at radius 3 is 2.94 bits per heavy atom. The predicted molar refractivity (Wildman–Crippen MR) is 70.3 cm³/mol. The van der Waals surface area contributed by atoms with Crippen molar-refractivity contribution in [3.05, 3.63) is 53.1 Å². The number of halogens is 1. The molecule has 0 aliphatic heterocycles. The van der Waals surface area contributed by atoms with Crippen molar-refractivity contribution in [2.24, 2.45) is 0 Å². The van der Waals surface area contributed by atoms with Crippen LogP contribution in [-0.4, -0.2) is 16.6 Å². The van der Waals surface area contributed by atoms with Crippen LogP contribution in [-0.2, 0) is 6.54 Å². The maximum absolute atomic E-state index is 6.03. The number of nitrogens with one attached hydrogen (secondary N) is 1. The molecule has 3 nitrogen and oxygen atoms in total. The van der Waals surface area contributed by atoms with Gasteiger partial charge >= 0.3 is 0 Å². The quantitative estimate of drug-likeness (QED) is 0.903. The van der Waals surface area contributed by atoms with Crippen molar-refractivity contribution in [3.8, 4) is 0 Å². The molecule has 0 spiro atoms. The van der Waals surface area contributed by atoms with Gasteiger partial charge in [-0.1, -0.05) is 23.7 Å². The third kappa shape index (κ3) is 2.51. The summed E-state index contributed by atoms with van der Waals surface area (Å²) in [5.41, 5.74) is 1.13. The third-order valence-corrected chi connectivity index (χ3v) is 3.05. The smallest absolute Gasteiger partial charge is 0.130 e. The molecule has 0 aliphatic carbocycles. The van der Waals surface area contributed by atoms with E-state index in [1.807, 2.05) is 37.6 Å². The molecule has 90 valence electrons. The van der Waals surface area contributed by atoms with Crippen LogP contribution in [0.2, 0.25) is 5.02 Å². The highest BCUT2D eigenvalue weighted by Gasteiger charge is 2.16. The zero-order valence-corrected chi connectivity index (χ0v) is 10.8. The van der Waals surface area contributed by atoms with Crippen molar-refractivity contribution in [3.63, 3.8) is 0 Å². The van der Waals surface area contributed by atoms with Crippen molar-refractivity contribution < 1.29 is 0 Å². The molecule has 1 atom stereocenters. The fourth-order valence-electron chi connectivity index (χ4n) is 1.98. The van der Waals surface area contributed by atoms with Crippen LogP contribution in [0.5, 0.6) is 0 Å². The lowest BCUT2D eigenvalue weighted by molar-refractivity contribution is 0.590. The summed E-state index contributed by atoms with van der Waals surface area (Å²) in [6, 6.07) is 7.94. The Kier molecular flexibility index (Phi) is 3.82. The van der Waals surface area contributed by atoms with Crippen LogP contribution in [0.25, 0.3) is 0 Å². The van der Waals surface area contributed by atoms with Crippen LogP contribution in [0.3, 0.4) is 0 Å². The maximum atomic E-state index is 6.03. The number of hydrogen-bond donors (Lipinski definition) is 1. The van der Waals surface area contributed by atoms with Crippen LogP contribution in [0.1, 0.15) is 24.4 Å². The molecule has 0 aliphatic rings. The zero-order valence-electron chi connectivity index (χ0n) is 10.0. The molecule has 0 saturated carbocycles. The van der Waals surface area contributed by atoms with Gasteiger partial charge in [-0.3, -0.25) is 0 Å². The molecule has 17 heavy (non-hydrogen) atoms. The Hall–Kier alpha value is -1.32. The first kappa shape index (κ1) is 12.1. The number of hydrogen-bond acceptors (Lipinski definition) is 2. The summed E-state index contributed by atoms with van der Waals surface area (Å²) < 4.78 is 2.13. The Morgan fingerprint density at radius 1 is 1.47 bits per heavy atom.